The second-order valence-electron chi connectivity index (χ2n) is 3.16. The highest BCUT2D eigenvalue weighted by Crippen LogP contribution is 2.23. The van der Waals surface area contributed by atoms with Gasteiger partial charge >= 0.3 is 5.97 Å². The lowest BCUT2D eigenvalue weighted by atomic mass is 10.1. The van der Waals surface area contributed by atoms with Crippen molar-refractivity contribution in [1.29, 1.82) is 5.26 Å². The summed E-state index contributed by atoms with van der Waals surface area (Å²) in [6.07, 6.45) is 1.06. The van der Waals surface area contributed by atoms with Gasteiger partial charge in [-0.15, -0.1) is 0 Å². The molecule has 1 rings (SSSR count). The maximum Gasteiger partial charge on any atom is 0.339 e. The molecule has 3 nitrogen and oxygen atoms in total. The van der Waals surface area contributed by atoms with Crippen LogP contribution in [0.25, 0.3) is 0 Å². The van der Waals surface area contributed by atoms with Crippen LogP contribution in [0.5, 0.6) is 0 Å². The molecule has 0 aliphatic rings. The van der Waals surface area contributed by atoms with E-state index in [1.54, 1.807) is 19.1 Å². The lowest BCUT2D eigenvalue weighted by molar-refractivity contribution is 0.0525. The Labute approximate surface area is 103 Å². The van der Waals surface area contributed by atoms with Gasteiger partial charge in [0.2, 0.25) is 0 Å². The molecule has 0 aromatic heterocycles. The predicted molar refractivity (Wildman–Crippen MR) is 64.0 cm³/mol. The monoisotopic (exact) mass is 281 g/mol. The van der Waals surface area contributed by atoms with Crippen molar-refractivity contribution in [3.63, 3.8) is 0 Å². The fraction of sp³-hybridized carbons (Fsp3) is 0.333. The van der Waals surface area contributed by atoms with Crippen LogP contribution in [0, 0.1) is 11.3 Å². The molecule has 0 N–H and O–H groups in total. The Hall–Kier alpha value is -1.34. The van der Waals surface area contributed by atoms with Crippen LogP contribution < -0.4 is 0 Å². The second kappa shape index (κ2) is 6.29. The van der Waals surface area contributed by atoms with Crippen LogP contribution in [-0.2, 0) is 11.2 Å². The SMILES string of the molecule is CCOC(=O)c1cccc(CCC#N)c1Br. The summed E-state index contributed by atoms with van der Waals surface area (Å²) >= 11 is 3.37. The van der Waals surface area contributed by atoms with Crippen LogP contribution in [0.4, 0.5) is 0 Å². The van der Waals surface area contributed by atoms with Crippen molar-refractivity contribution in [1.82, 2.24) is 0 Å². The van der Waals surface area contributed by atoms with Gasteiger partial charge in [0.25, 0.3) is 0 Å². The van der Waals surface area contributed by atoms with E-state index in [1.165, 1.54) is 0 Å². The summed E-state index contributed by atoms with van der Waals surface area (Å²) in [6.45, 7) is 2.12. The molecule has 0 aliphatic carbocycles. The average molecular weight is 282 g/mol. The summed E-state index contributed by atoms with van der Waals surface area (Å²) in [7, 11) is 0. The van der Waals surface area contributed by atoms with Gasteiger partial charge in [-0.25, -0.2) is 4.79 Å². The molecule has 0 bridgehead atoms. The molecule has 0 radical (unpaired) electrons. The maximum atomic E-state index is 11.6. The first-order valence-corrected chi connectivity index (χ1v) is 5.81. The molecule has 4 heteroatoms. The van der Waals surface area contributed by atoms with E-state index in [-0.39, 0.29) is 5.97 Å². The highest BCUT2D eigenvalue weighted by Gasteiger charge is 2.13. The summed E-state index contributed by atoms with van der Waals surface area (Å²) in [6, 6.07) is 7.47. The largest absolute Gasteiger partial charge is 0.462 e. The van der Waals surface area contributed by atoms with Gasteiger partial charge < -0.3 is 4.74 Å². The summed E-state index contributed by atoms with van der Waals surface area (Å²) < 4.78 is 5.66. The number of halogens is 1. The third-order valence-corrected chi connectivity index (χ3v) is 3.02. The Balaban J connectivity index is 2.95. The number of nitrogens with zero attached hydrogens (tertiary/aromatic N) is 1. The summed E-state index contributed by atoms with van der Waals surface area (Å²) in [5, 5.41) is 8.52. The number of rotatable bonds is 4. The average Bonchev–Trinajstić information content (AvgIpc) is 2.28. The standard InChI is InChI=1S/C12H12BrNO2/c1-2-16-12(15)10-7-3-5-9(11(10)13)6-4-8-14/h3,5,7H,2,4,6H2,1H3. The van der Waals surface area contributed by atoms with Crippen LogP contribution in [0.3, 0.4) is 0 Å². The van der Waals surface area contributed by atoms with E-state index in [1.807, 2.05) is 6.07 Å². The first-order chi connectivity index (χ1) is 7.70. The molecule has 0 spiro atoms. The Bertz CT molecular complexity index is 424. The maximum absolute atomic E-state index is 11.6. The van der Waals surface area contributed by atoms with Gasteiger partial charge in [0.05, 0.1) is 18.2 Å². The first-order valence-electron chi connectivity index (χ1n) is 5.02. The van der Waals surface area contributed by atoms with E-state index in [9.17, 15) is 4.79 Å². The molecule has 1 aromatic carbocycles. The molecule has 0 atom stereocenters. The van der Waals surface area contributed by atoms with Crippen molar-refractivity contribution in [2.45, 2.75) is 19.8 Å². The summed E-state index contributed by atoms with van der Waals surface area (Å²) in [5.41, 5.74) is 1.46. The van der Waals surface area contributed by atoms with E-state index in [4.69, 9.17) is 10.00 Å². The van der Waals surface area contributed by atoms with Gasteiger partial charge in [-0.3, -0.25) is 0 Å². The van der Waals surface area contributed by atoms with Crippen LogP contribution >= 0.6 is 15.9 Å². The summed E-state index contributed by atoms with van der Waals surface area (Å²) in [4.78, 5) is 11.6. The normalized spacial score (nSPS) is 9.56. The van der Waals surface area contributed by atoms with Crippen molar-refractivity contribution in [3.8, 4) is 6.07 Å². The fourth-order valence-electron chi connectivity index (χ4n) is 1.33. The fourth-order valence-corrected chi connectivity index (χ4v) is 1.95. The van der Waals surface area contributed by atoms with Crippen LogP contribution in [0.1, 0.15) is 29.3 Å². The van der Waals surface area contributed by atoms with E-state index >= 15 is 0 Å². The number of nitriles is 1. The van der Waals surface area contributed by atoms with Gasteiger partial charge in [-0.2, -0.15) is 5.26 Å². The number of carbonyl (C=O) groups is 1. The number of aryl methyl sites for hydroxylation is 1. The Morgan fingerprint density at radius 2 is 2.31 bits per heavy atom. The molecule has 1 aromatic rings. The quantitative estimate of drug-likeness (QED) is 0.797. The molecule has 84 valence electrons. The molecule has 0 heterocycles. The zero-order valence-corrected chi connectivity index (χ0v) is 10.6. The minimum absolute atomic E-state index is 0.340. The highest BCUT2D eigenvalue weighted by molar-refractivity contribution is 9.10. The third kappa shape index (κ3) is 3.07. The van der Waals surface area contributed by atoms with Gasteiger partial charge in [0, 0.05) is 10.9 Å². The molecule has 0 fully saturated rings. The zero-order valence-electron chi connectivity index (χ0n) is 9.00. The second-order valence-corrected chi connectivity index (χ2v) is 3.95. The third-order valence-electron chi connectivity index (χ3n) is 2.08. The smallest absolute Gasteiger partial charge is 0.339 e. The zero-order chi connectivity index (χ0) is 12.0. The number of carbonyl (C=O) groups excluding carboxylic acids is 1. The molecule has 16 heavy (non-hydrogen) atoms. The molecule has 0 aliphatic heterocycles. The Morgan fingerprint density at radius 1 is 1.56 bits per heavy atom. The Morgan fingerprint density at radius 3 is 2.94 bits per heavy atom. The molecular weight excluding hydrogens is 270 g/mol. The number of hydrogen-bond donors (Lipinski definition) is 0. The van der Waals surface area contributed by atoms with Crippen molar-refractivity contribution in [2.75, 3.05) is 6.61 Å². The highest BCUT2D eigenvalue weighted by atomic mass is 79.9. The molecule has 0 saturated carbocycles. The molecule has 0 unspecified atom stereocenters. The number of benzene rings is 1. The van der Waals surface area contributed by atoms with Crippen LogP contribution in [0.15, 0.2) is 22.7 Å². The number of esters is 1. The lowest BCUT2D eigenvalue weighted by Crippen LogP contribution is -2.06. The first kappa shape index (κ1) is 12.7. The van der Waals surface area contributed by atoms with Crippen molar-refractivity contribution >= 4 is 21.9 Å². The number of ether oxygens (including phenoxy) is 1. The lowest BCUT2D eigenvalue weighted by Gasteiger charge is -2.07. The van der Waals surface area contributed by atoms with Crippen LogP contribution in [-0.4, -0.2) is 12.6 Å². The topological polar surface area (TPSA) is 50.1 Å². The van der Waals surface area contributed by atoms with Crippen LogP contribution in [0.2, 0.25) is 0 Å². The van der Waals surface area contributed by atoms with Gasteiger partial charge in [-0.1, -0.05) is 12.1 Å². The Kier molecular flexibility index (Phi) is 5.00. The van der Waals surface area contributed by atoms with Crippen molar-refractivity contribution < 1.29 is 9.53 Å². The molecular formula is C12H12BrNO2. The van der Waals surface area contributed by atoms with E-state index in [0.717, 1.165) is 10.0 Å². The molecule has 0 amide bonds. The molecule has 0 saturated heterocycles. The summed E-state index contributed by atoms with van der Waals surface area (Å²) in [5.74, 6) is -0.340. The van der Waals surface area contributed by atoms with E-state index < -0.39 is 0 Å². The minimum atomic E-state index is -0.340. The van der Waals surface area contributed by atoms with Gasteiger partial charge in [0.1, 0.15) is 0 Å². The van der Waals surface area contributed by atoms with Gasteiger partial charge in [0.15, 0.2) is 0 Å². The van der Waals surface area contributed by atoms with Crippen molar-refractivity contribution in [3.05, 3.63) is 33.8 Å². The van der Waals surface area contributed by atoms with E-state index in [2.05, 4.69) is 22.0 Å². The van der Waals surface area contributed by atoms with Gasteiger partial charge in [-0.05, 0) is 40.9 Å². The van der Waals surface area contributed by atoms with Crippen molar-refractivity contribution in [2.24, 2.45) is 0 Å². The number of hydrogen-bond acceptors (Lipinski definition) is 3. The van der Waals surface area contributed by atoms with E-state index in [0.29, 0.717) is 25.0 Å². The minimum Gasteiger partial charge on any atom is -0.462 e. The predicted octanol–water partition coefficient (Wildman–Crippen LogP) is 3.08.